The second kappa shape index (κ2) is 5.94. The summed E-state index contributed by atoms with van der Waals surface area (Å²) in [5, 5.41) is 7.94. The largest absolute Gasteiger partial charge is 0.496 e. The van der Waals surface area contributed by atoms with E-state index in [1.807, 2.05) is 30.3 Å². The minimum Gasteiger partial charge on any atom is -0.496 e. The summed E-state index contributed by atoms with van der Waals surface area (Å²) in [5.74, 6) is 1.29. The van der Waals surface area contributed by atoms with Crippen LogP contribution in [0.25, 0.3) is 33.4 Å². The molecule has 124 valence electrons. The number of nitrogen functional groups attached to an aromatic ring is 1. The van der Waals surface area contributed by atoms with Crippen molar-refractivity contribution in [2.24, 2.45) is 0 Å². The molecule has 0 unspecified atom stereocenters. The van der Waals surface area contributed by atoms with E-state index in [1.54, 1.807) is 7.11 Å². The lowest BCUT2D eigenvalue weighted by molar-refractivity contribution is 0.416. The number of para-hydroxylation sites is 1. The molecule has 0 aliphatic carbocycles. The summed E-state index contributed by atoms with van der Waals surface area (Å²) in [6.45, 7) is 2.07. The minimum absolute atomic E-state index is 0.518. The maximum atomic E-state index is 6.11. The molecule has 0 saturated heterocycles. The summed E-state index contributed by atoms with van der Waals surface area (Å²) in [6.07, 6.45) is 0. The molecule has 4 rings (SSSR count). The molecule has 2 aromatic heterocycles. The van der Waals surface area contributed by atoms with Crippen LogP contribution in [-0.2, 0) is 0 Å². The Hall–Kier alpha value is -3.34. The fraction of sp³-hybridized carbons (Fsp3) is 0.100. The van der Waals surface area contributed by atoms with Gasteiger partial charge in [-0.3, -0.25) is 5.10 Å². The third-order valence-corrected chi connectivity index (χ3v) is 4.30. The second-order valence-corrected chi connectivity index (χ2v) is 5.96. The number of H-pyrrole nitrogens is 1. The Balaban J connectivity index is 2.01. The average molecular weight is 330 g/mol. The molecule has 0 aliphatic rings. The molecule has 25 heavy (non-hydrogen) atoms. The lowest BCUT2D eigenvalue weighted by Crippen LogP contribution is -1.93. The Morgan fingerprint density at radius 2 is 1.76 bits per heavy atom. The monoisotopic (exact) mass is 330 g/mol. The Labute approximate surface area is 145 Å². The number of nitrogens with one attached hydrogen (secondary N) is 1. The van der Waals surface area contributed by atoms with Crippen LogP contribution in [0, 0.1) is 6.92 Å². The third kappa shape index (κ3) is 2.59. The lowest BCUT2D eigenvalue weighted by atomic mass is 9.99. The van der Waals surface area contributed by atoms with Gasteiger partial charge in [-0.05, 0) is 36.2 Å². The van der Waals surface area contributed by atoms with Crippen LogP contribution in [0.2, 0.25) is 0 Å². The lowest BCUT2D eigenvalue weighted by Gasteiger charge is -2.11. The highest BCUT2D eigenvalue weighted by molar-refractivity contribution is 6.01. The van der Waals surface area contributed by atoms with E-state index in [0.29, 0.717) is 11.5 Å². The highest BCUT2D eigenvalue weighted by atomic mass is 16.5. The SMILES string of the molecule is COc1ccccc1-c1cc(-c2ccc(C)cc2)c2c(N)[nH]nc2n1. The molecule has 3 N–H and O–H groups in total. The first-order valence-corrected chi connectivity index (χ1v) is 8.02. The fourth-order valence-corrected chi connectivity index (χ4v) is 3.00. The second-order valence-electron chi connectivity index (χ2n) is 5.96. The first-order chi connectivity index (χ1) is 12.2. The van der Waals surface area contributed by atoms with Gasteiger partial charge in [0.15, 0.2) is 5.65 Å². The van der Waals surface area contributed by atoms with Crippen LogP contribution in [-0.4, -0.2) is 22.3 Å². The van der Waals surface area contributed by atoms with Crippen molar-refractivity contribution >= 4 is 16.9 Å². The van der Waals surface area contributed by atoms with Gasteiger partial charge in [-0.25, -0.2) is 4.98 Å². The molecular weight excluding hydrogens is 312 g/mol. The van der Waals surface area contributed by atoms with Gasteiger partial charge in [-0.15, -0.1) is 0 Å². The predicted octanol–water partition coefficient (Wildman–Crippen LogP) is 4.19. The average Bonchev–Trinajstić information content (AvgIpc) is 3.03. The van der Waals surface area contributed by atoms with Crippen LogP contribution in [0.3, 0.4) is 0 Å². The molecule has 0 amide bonds. The number of aryl methyl sites for hydroxylation is 1. The Kier molecular flexibility index (Phi) is 3.61. The Morgan fingerprint density at radius 3 is 2.52 bits per heavy atom. The van der Waals surface area contributed by atoms with Crippen molar-refractivity contribution in [1.82, 2.24) is 15.2 Å². The molecule has 2 aromatic carbocycles. The molecular formula is C20H18N4O. The van der Waals surface area contributed by atoms with Gasteiger partial charge < -0.3 is 10.5 Å². The molecule has 0 saturated carbocycles. The van der Waals surface area contributed by atoms with E-state index in [0.717, 1.165) is 33.5 Å². The number of rotatable bonds is 3. The van der Waals surface area contributed by atoms with Crippen LogP contribution < -0.4 is 10.5 Å². The molecule has 0 bridgehead atoms. The number of fused-ring (bicyclic) bond motifs is 1. The standard InChI is InChI=1S/C20H18N4O/c1-12-7-9-13(10-8-12)15-11-16(14-5-3-4-6-17(14)25-2)22-20-18(15)19(21)23-24-20/h3-11H,1-2H3,(H3,21,22,23,24). The zero-order chi connectivity index (χ0) is 17.4. The molecule has 5 nitrogen and oxygen atoms in total. The Morgan fingerprint density at radius 1 is 1.00 bits per heavy atom. The van der Waals surface area contributed by atoms with E-state index in [-0.39, 0.29) is 0 Å². The summed E-state index contributed by atoms with van der Waals surface area (Å²) in [7, 11) is 1.66. The van der Waals surface area contributed by atoms with E-state index in [1.165, 1.54) is 5.56 Å². The van der Waals surface area contributed by atoms with Crippen molar-refractivity contribution in [3.8, 4) is 28.1 Å². The number of hydrogen-bond acceptors (Lipinski definition) is 4. The zero-order valence-corrected chi connectivity index (χ0v) is 14.1. The number of ether oxygens (including phenoxy) is 1. The highest BCUT2D eigenvalue weighted by Gasteiger charge is 2.16. The number of nitrogens with zero attached hydrogens (tertiary/aromatic N) is 2. The topological polar surface area (TPSA) is 76.8 Å². The molecule has 0 radical (unpaired) electrons. The number of aromatic amines is 1. The molecule has 2 heterocycles. The van der Waals surface area contributed by atoms with E-state index in [4.69, 9.17) is 10.5 Å². The van der Waals surface area contributed by atoms with Gasteiger partial charge in [0.05, 0.1) is 18.2 Å². The van der Waals surface area contributed by atoms with Gasteiger partial charge in [0, 0.05) is 5.56 Å². The van der Waals surface area contributed by atoms with E-state index in [9.17, 15) is 0 Å². The molecule has 0 fully saturated rings. The van der Waals surface area contributed by atoms with Crippen LogP contribution >= 0.6 is 0 Å². The summed E-state index contributed by atoms with van der Waals surface area (Å²) < 4.78 is 5.49. The zero-order valence-electron chi connectivity index (χ0n) is 14.1. The first-order valence-electron chi connectivity index (χ1n) is 8.02. The van der Waals surface area contributed by atoms with Crippen molar-refractivity contribution in [1.29, 1.82) is 0 Å². The number of nitrogens with two attached hydrogens (primary N) is 1. The first kappa shape index (κ1) is 15.2. The molecule has 4 aromatic rings. The van der Waals surface area contributed by atoms with Crippen molar-refractivity contribution in [2.45, 2.75) is 6.92 Å². The van der Waals surface area contributed by atoms with Gasteiger partial charge in [0.2, 0.25) is 0 Å². The number of hydrogen-bond donors (Lipinski definition) is 2. The maximum Gasteiger partial charge on any atom is 0.184 e. The van der Waals surface area contributed by atoms with Crippen molar-refractivity contribution in [3.63, 3.8) is 0 Å². The van der Waals surface area contributed by atoms with Gasteiger partial charge in [0.1, 0.15) is 11.6 Å². The smallest absolute Gasteiger partial charge is 0.184 e. The van der Waals surface area contributed by atoms with Gasteiger partial charge in [-0.1, -0.05) is 42.0 Å². The molecule has 5 heteroatoms. The van der Waals surface area contributed by atoms with Crippen LogP contribution in [0.4, 0.5) is 5.82 Å². The summed E-state index contributed by atoms with van der Waals surface area (Å²) in [5.41, 5.74) is 11.7. The van der Waals surface area contributed by atoms with Gasteiger partial charge in [0.25, 0.3) is 0 Å². The van der Waals surface area contributed by atoms with Crippen molar-refractivity contribution < 1.29 is 4.74 Å². The van der Waals surface area contributed by atoms with E-state index >= 15 is 0 Å². The summed E-state index contributed by atoms with van der Waals surface area (Å²) in [6, 6.07) is 18.2. The van der Waals surface area contributed by atoms with Gasteiger partial charge in [-0.2, -0.15) is 5.10 Å². The van der Waals surface area contributed by atoms with Gasteiger partial charge >= 0.3 is 0 Å². The molecule has 0 atom stereocenters. The number of benzene rings is 2. The minimum atomic E-state index is 0.518. The van der Waals surface area contributed by atoms with E-state index in [2.05, 4.69) is 46.4 Å². The maximum absolute atomic E-state index is 6.11. The van der Waals surface area contributed by atoms with Crippen LogP contribution in [0.15, 0.2) is 54.6 Å². The fourth-order valence-electron chi connectivity index (χ4n) is 3.00. The number of pyridine rings is 1. The molecule has 0 aliphatic heterocycles. The Bertz CT molecular complexity index is 1050. The number of methoxy groups -OCH3 is 1. The third-order valence-electron chi connectivity index (χ3n) is 4.30. The van der Waals surface area contributed by atoms with Crippen LogP contribution in [0.5, 0.6) is 5.75 Å². The number of anilines is 1. The molecule has 0 spiro atoms. The highest BCUT2D eigenvalue weighted by Crippen LogP contribution is 2.36. The summed E-state index contributed by atoms with van der Waals surface area (Å²) in [4.78, 5) is 4.68. The van der Waals surface area contributed by atoms with Crippen molar-refractivity contribution in [3.05, 3.63) is 60.2 Å². The normalized spacial score (nSPS) is 11.0. The predicted molar refractivity (Wildman–Crippen MR) is 100 cm³/mol. The van der Waals surface area contributed by atoms with Crippen LogP contribution in [0.1, 0.15) is 5.56 Å². The van der Waals surface area contributed by atoms with E-state index < -0.39 is 0 Å². The quantitative estimate of drug-likeness (QED) is 0.590. The van der Waals surface area contributed by atoms with Crippen molar-refractivity contribution in [2.75, 3.05) is 12.8 Å². The number of aromatic nitrogens is 3. The summed E-state index contributed by atoms with van der Waals surface area (Å²) >= 11 is 0.